The van der Waals surface area contributed by atoms with Crippen molar-refractivity contribution >= 4 is 29.1 Å². The van der Waals surface area contributed by atoms with E-state index in [9.17, 15) is 4.79 Å². The monoisotopic (exact) mass is 462 g/mol. The molecule has 1 amide bonds. The van der Waals surface area contributed by atoms with Crippen molar-refractivity contribution in [2.24, 2.45) is 0 Å². The van der Waals surface area contributed by atoms with Crippen LogP contribution in [0.3, 0.4) is 0 Å². The summed E-state index contributed by atoms with van der Waals surface area (Å²) in [7, 11) is 3.17. The number of aryl methyl sites for hydroxylation is 1. The highest BCUT2D eigenvalue weighted by molar-refractivity contribution is 6.42. The normalized spacial score (nSPS) is 10.8. The van der Waals surface area contributed by atoms with E-state index in [1.165, 1.54) is 0 Å². The fraction of sp³-hybridized carbons (Fsp3) is 0.318. The SMILES string of the molecule is CCN(Cc1ccc(OC)c(OC)c1)C(=O)Cn1nc(C)nc1-c1ccc(Cl)c(Cl)c1. The summed E-state index contributed by atoms with van der Waals surface area (Å²) in [6.07, 6.45) is 0. The lowest BCUT2D eigenvalue weighted by Crippen LogP contribution is -2.33. The van der Waals surface area contributed by atoms with Gasteiger partial charge in [0.15, 0.2) is 17.3 Å². The number of nitrogens with zero attached hydrogens (tertiary/aromatic N) is 4. The molecule has 0 saturated carbocycles. The number of likely N-dealkylation sites (N-methyl/N-ethyl adjacent to an activating group) is 1. The van der Waals surface area contributed by atoms with Gasteiger partial charge in [-0.1, -0.05) is 29.3 Å². The van der Waals surface area contributed by atoms with Gasteiger partial charge in [0.25, 0.3) is 0 Å². The van der Waals surface area contributed by atoms with Crippen LogP contribution in [-0.2, 0) is 17.9 Å². The molecule has 0 aliphatic rings. The number of carbonyl (C=O) groups excluding carboxylic acids is 1. The molecule has 0 spiro atoms. The first kappa shape index (κ1) is 22.9. The molecule has 31 heavy (non-hydrogen) atoms. The third-order valence-electron chi connectivity index (χ3n) is 4.80. The van der Waals surface area contributed by atoms with Crippen molar-refractivity contribution in [3.63, 3.8) is 0 Å². The van der Waals surface area contributed by atoms with Gasteiger partial charge in [-0.25, -0.2) is 9.67 Å². The van der Waals surface area contributed by atoms with Crippen LogP contribution in [0.4, 0.5) is 0 Å². The second-order valence-electron chi connectivity index (χ2n) is 6.87. The van der Waals surface area contributed by atoms with Gasteiger partial charge in [-0.2, -0.15) is 5.10 Å². The molecule has 0 unspecified atom stereocenters. The Morgan fingerprint density at radius 3 is 2.45 bits per heavy atom. The van der Waals surface area contributed by atoms with E-state index in [-0.39, 0.29) is 12.5 Å². The fourth-order valence-electron chi connectivity index (χ4n) is 3.22. The van der Waals surface area contributed by atoms with Crippen molar-refractivity contribution in [1.82, 2.24) is 19.7 Å². The number of amides is 1. The second-order valence-corrected chi connectivity index (χ2v) is 7.68. The first-order chi connectivity index (χ1) is 14.9. The van der Waals surface area contributed by atoms with E-state index in [0.717, 1.165) is 11.1 Å². The largest absolute Gasteiger partial charge is 0.493 e. The second kappa shape index (κ2) is 10.0. The van der Waals surface area contributed by atoms with Crippen molar-refractivity contribution in [3.8, 4) is 22.9 Å². The van der Waals surface area contributed by atoms with Gasteiger partial charge in [0, 0.05) is 18.7 Å². The summed E-state index contributed by atoms with van der Waals surface area (Å²) >= 11 is 12.2. The summed E-state index contributed by atoms with van der Waals surface area (Å²) in [6.45, 7) is 4.75. The van der Waals surface area contributed by atoms with Crippen LogP contribution < -0.4 is 9.47 Å². The minimum absolute atomic E-state index is 0.0531. The molecule has 164 valence electrons. The Hall–Kier alpha value is -2.77. The Labute approximate surface area is 191 Å². The average Bonchev–Trinajstić information content (AvgIpc) is 3.13. The van der Waals surface area contributed by atoms with Crippen molar-refractivity contribution < 1.29 is 14.3 Å². The molecule has 0 atom stereocenters. The first-order valence-corrected chi connectivity index (χ1v) is 10.5. The average molecular weight is 463 g/mol. The molecule has 0 N–H and O–H groups in total. The molecule has 0 aliphatic carbocycles. The van der Waals surface area contributed by atoms with Crippen molar-refractivity contribution in [1.29, 1.82) is 0 Å². The third kappa shape index (κ3) is 5.29. The highest BCUT2D eigenvalue weighted by Crippen LogP contribution is 2.29. The summed E-state index contributed by atoms with van der Waals surface area (Å²) < 4.78 is 12.2. The number of aromatic nitrogens is 3. The first-order valence-electron chi connectivity index (χ1n) is 9.71. The highest BCUT2D eigenvalue weighted by Gasteiger charge is 2.19. The third-order valence-corrected chi connectivity index (χ3v) is 5.54. The summed E-state index contributed by atoms with van der Waals surface area (Å²) in [5.41, 5.74) is 1.68. The minimum atomic E-state index is -0.0801. The Bertz CT molecular complexity index is 1080. The molecule has 0 saturated heterocycles. The van der Waals surface area contributed by atoms with Crippen LogP contribution in [0, 0.1) is 6.92 Å². The molecular weight excluding hydrogens is 439 g/mol. The van der Waals surface area contributed by atoms with Gasteiger partial charge >= 0.3 is 0 Å². The maximum atomic E-state index is 13.1. The molecule has 3 rings (SSSR count). The van der Waals surface area contributed by atoms with Gasteiger partial charge in [0.05, 0.1) is 24.3 Å². The fourth-order valence-corrected chi connectivity index (χ4v) is 3.52. The lowest BCUT2D eigenvalue weighted by Gasteiger charge is -2.22. The number of benzene rings is 2. The quantitative estimate of drug-likeness (QED) is 0.488. The molecule has 0 radical (unpaired) electrons. The number of ether oxygens (including phenoxy) is 2. The number of carbonyl (C=O) groups is 1. The number of halogens is 2. The lowest BCUT2D eigenvalue weighted by molar-refractivity contribution is -0.132. The Kier molecular flexibility index (Phi) is 7.41. The van der Waals surface area contributed by atoms with E-state index in [1.807, 2.05) is 25.1 Å². The molecule has 1 heterocycles. The molecule has 9 heteroatoms. The van der Waals surface area contributed by atoms with Crippen LogP contribution in [0.15, 0.2) is 36.4 Å². The molecule has 3 aromatic rings. The van der Waals surface area contributed by atoms with Gasteiger partial charge in [-0.05, 0) is 49.7 Å². The number of hydrogen-bond donors (Lipinski definition) is 0. The zero-order valence-corrected chi connectivity index (χ0v) is 19.4. The van der Waals surface area contributed by atoms with Gasteiger partial charge in [0.1, 0.15) is 12.4 Å². The Balaban J connectivity index is 1.81. The summed E-state index contributed by atoms with van der Waals surface area (Å²) in [4.78, 5) is 19.3. The lowest BCUT2D eigenvalue weighted by atomic mass is 10.2. The maximum absolute atomic E-state index is 13.1. The molecule has 0 bridgehead atoms. The van der Waals surface area contributed by atoms with Crippen molar-refractivity contribution in [2.75, 3.05) is 20.8 Å². The summed E-state index contributed by atoms with van der Waals surface area (Å²) in [6, 6.07) is 10.8. The van der Waals surface area contributed by atoms with Gasteiger partial charge < -0.3 is 14.4 Å². The van der Waals surface area contributed by atoms with Crippen LogP contribution in [0.2, 0.25) is 10.0 Å². The number of methoxy groups -OCH3 is 2. The standard InChI is InChI=1S/C22H24Cl2N4O3/c1-5-27(12-15-6-9-19(30-3)20(10-15)31-4)21(29)13-28-22(25-14(2)26-28)16-7-8-17(23)18(24)11-16/h6-11H,5,12-13H2,1-4H3. The van der Waals surface area contributed by atoms with Gasteiger partial charge in [0.2, 0.25) is 5.91 Å². The maximum Gasteiger partial charge on any atom is 0.244 e. The van der Waals surface area contributed by atoms with Crippen molar-refractivity contribution in [3.05, 3.63) is 57.8 Å². The van der Waals surface area contributed by atoms with E-state index in [0.29, 0.717) is 46.3 Å². The zero-order valence-electron chi connectivity index (χ0n) is 17.9. The predicted octanol–water partition coefficient (Wildman–Crippen LogP) is 4.63. The molecule has 0 fully saturated rings. The summed E-state index contributed by atoms with van der Waals surface area (Å²) in [5.74, 6) is 2.31. The molecule has 0 aliphatic heterocycles. The Morgan fingerprint density at radius 1 is 1.06 bits per heavy atom. The Morgan fingerprint density at radius 2 is 1.81 bits per heavy atom. The van der Waals surface area contributed by atoms with Crippen LogP contribution in [0.5, 0.6) is 11.5 Å². The van der Waals surface area contributed by atoms with E-state index < -0.39 is 0 Å². The smallest absolute Gasteiger partial charge is 0.244 e. The zero-order chi connectivity index (χ0) is 22.5. The number of rotatable bonds is 8. The van der Waals surface area contributed by atoms with Crippen LogP contribution in [-0.4, -0.2) is 46.3 Å². The van der Waals surface area contributed by atoms with E-state index in [2.05, 4.69) is 10.1 Å². The van der Waals surface area contributed by atoms with Gasteiger partial charge in [-0.15, -0.1) is 0 Å². The van der Waals surface area contributed by atoms with Crippen LogP contribution in [0.1, 0.15) is 18.3 Å². The van der Waals surface area contributed by atoms with Gasteiger partial charge in [-0.3, -0.25) is 4.79 Å². The predicted molar refractivity (Wildman–Crippen MR) is 121 cm³/mol. The van der Waals surface area contributed by atoms with Crippen LogP contribution in [0.25, 0.3) is 11.4 Å². The van der Waals surface area contributed by atoms with E-state index in [1.54, 1.807) is 48.9 Å². The van der Waals surface area contributed by atoms with E-state index in [4.69, 9.17) is 32.7 Å². The minimum Gasteiger partial charge on any atom is -0.493 e. The van der Waals surface area contributed by atoms with E-state index >= 15 is 0 Å². The van der Waals surface area contributed by atoms with Crippen LogP contribution >= 0.6 is 23.2 Å². The molecular formula is C22H24Cl2N4O3. The molecule has 7 nitrogen and oxygen atoms in total. The number of hydrogen-bond acceptors (Lipinski definition) is 5. The molecule has 1 aromatic heterocycles. The molecule has 2 aromatic carbocycles. The topological polar surface area (TPSA) is 69.5 Å². The van der Waals surface area contributed by atoms with Crippen molar-refractivity contribution in [2.45, 2.75) is 26.9 Å². The highest BCUT2D eigenvalue weighted by atomic mass is 35.5. The summed E-state index contributed by atoms with van der Waals surface area (Å²) in [5, 5.41) is 5.27.